The van der Waals surface area contributed by atoms with Crippen LogP contribution in [-0.4, -0.2) is 47.3 Å². The van der Waals surface area contributed by atoms with Crippen molar-refractivity contribution in [2.75, 3.05) is 20.1 Å². The summed E-state index contributed by atoms with van der Waals surface area (Å²) < 4.78 is 0. The predicted molar refractivity (Wildman–Crippen MR) is 35.6 cm³/mol. The summed E-state index contributed by atoms with van der Waals surface area (Å²) in [5.74, 6) is -0.0272. The van der Waals surface area contributed by atoms with Gasteiger partial charge in [0.1, 0.15) is 6.54 Å². The lowest BCUT2D eigenvalue weighted by molar-refractivity contribution is -0.171. The number of hydrogen-bond acceptors (Lipinski definition) is 3. The molecule has 1 aliphatic rings. The van der Waals surface area contributed by atoms with E-state index in [2.05, 4.69) is 0 Å². The van der Waals surface area contributed by atoms with Gasteiger partial charge in [-0.2, -0.15) is 5.06 Å². The zero-order chi connectivity index (χ0) is 7.72. The Hall–Kier alpha value is -0.610. The first-order valence-corrected chi connectivity index (χ1v) is 3.30. The van der Waals surface area contributed by atoms with Crippen LogP contribution in [-0.2, 0) is 4.79 Å². The molecule has 1 N–H and O–H groups in total. The molecule has 1 aliphatic heterocycles. The Bertz CT molecular complexity index is 149. The van der Waals surface area contributed by atoms with E-state index in [-0.39, 0.29) is 18.5 Å². The number of nitrogens with zero attached hydrogens (tertiary/aromatic N) is 2. The summed E-state index contributed by atoms with van der Waals surface area (Å²) in [6.07, 6.45) is 0. The maximum atomic E-state index is 10.9. The van der Waals surface area contributed by atoms with Gasteiger partial charge in [0.15, 0.2) is 0 Å². The number of hydrogen-bond donors (Lipinski definition) is 1. The van der Waals surface area contributed by atoms with Crippen LogP contribution in [0.4, 0.5) is 0 Å². The molecule has 1 fully saturated rings. The largest absolute Gasteiger partial charge is 0.343 e. The van der Waals surface area contributed by atoms with Crippen LogP contribution in [0.1, 0.15) is 6.92 Å². The monoisotopic (exact) mass is 144 g/mol. The van der Waals surface area contributed by atoms with Crippen LogP contribution in [0.3, 0.4) is 0 Å². The number of carbonyl (C=O) groups excluding carboxylic acids is 1. The maximum Gasteiger partial charge on any atom is 0.238 e. The molecule has 1 saturated heterocycles. The average Bonchev–Trinajstić information content (AvgIpc) is 1.84. The number of likely N-dealkylation sites (N-methyl/N-ethyl adjacent to an activating group) is 1. The van der Waals surface area contributed by atoms with E-state index >= 15 is 0 Å². The topological polar surface area (TPSA) is 43.8 Å². The number of piperazine rings is 1. The molecule has 0 aromatic carbocycles. The van der Waals surface area contributed by atoms with Crippen LogP contribution < -0.4 is 0 Å². The summed E-state index contributed by atoms with van der Waals surface area (Å²) in [6, 6.07) is 0.0581. The van der Waals surface area contributed by atoms with E-state index in [4.69, 9.17) is 5.21 Å². The fraction of sp³-hybridized carbons (Fsp3) is 0.833. The first-order valence-electron chi connectivity index (χ1n) is 3.30. The molecule has 10 heavy (non-hydrogen) atoms. The van der Waals surface area contributed by atoms with Crippen molar-refractivity contribution in [2.24, 2.45) is 0 Å². The zero-order valence-corrected chi connectivity index (χ0v) is 6.24. The minimum absolute atomic E-state index is 0.0272. The van der Waals surface area contributed by atoms with Gasteiger partial charge in [0.25, 0.3) is 0 Å². The standard InChI is InChI=1S/C6H12N2O2/c1-5-3-7(2)6(9)4-8(5)10/h5,10H,3-4H2,1-2H3. The molecule has 4 heteroatoms. The molecule has 1 amide bonds. The fourth-order valence-corrected chi connectivity index (χ4v) is 1.01. The number of carbonyl (C=O) groups is 1. The van der Waals surface area contributed by atoms with Crippen LogP contribution in [0.15, 0.2) is 0 Å². The van der Waals surface area contributed by atoms with E-state index in [1.165, 1.54) is 0 Å². The Balaban J connectivity index is 2.54. The summed E-state index contributed by atoms with van der Waals surface area (Å²) in [6.45, 7) is 2.61. The molecule has 58 valence electrons. The molecule has 0 spiro atoms. The molecule has 0 aromatic heterocycles. The third-order valence-electron chi connectivity index (χ3n) is 1.77. The summed E-state index contributed by atoms with van der Waals surface area (Å²) in [7, 11) is 1.74. The SMILES string of the molecule is CC1CN(C)C(=O)CN1O. The van der Waals surface area contributed by atoms with Crippen molar-refractivity contribution in [3.05, 3.63) is 0 Å². The van der Waals surface area contributed by atoms with E-state index in [1.54, 1.807) is 11.9 Å². The first kappa shape index (κ1) is 7.50. The quantitative estimate of drug-likeness (QED) is 0.500. The van der Waals surface area contributed by atoms with Gasteiger partial charge < -0.3 is 10.1 Å². The molecule has 4 nitrogen and oxygen atoms in total. The highest BCUT2D eigenvalue weighted by Crippen LogP contribution is 2.04. The van der Waals surface area contributed by atoms with Crippen molar-refractivity contribution in [1.82, 2.24) is 9.96 Å². The molecule has 0 bridgehead atoms. The van der Waals surface area contributed by atoms with E-state index in [1.807, 2.05) is 6.92 Å². The van der Waals surface area contributed by atoms with Crippen molar-refractivity contribution in [2.45, 2.75) is 13.0 Å². The second-order valence-corrected chi connectivity index (χ2v) is 2.72. The second-order valence-electron chi connectivity index (χ2n) is 2.72. The highest BCUT2D eigenvalue weighted by Gasteiger charge is 2.25. The molecule has 0 saturated carbocycles. The smallest absolute Gasteiger partial charge is 0.238 e. The van der Waals surface area contributed by atoms with E-state index in [0.717, 1.165) is 5.06 Å². The molecular weight excluding hydrogens is 132 g/mol. The van der Waals surface area contributed by atoms with Gasteiger partial charge in [-0.25, -0.2) is 0 Å². The van der Waals surface area contributed by atoms with Gasteiger partial charge in [0.05, 0.1) is 6.04 Å². The normalized spacial score (nSPS) is 29.3. The number of rotatable bonds is 0. The van der Waals surface area contributed by atoms with Gasteiger partial charge in [-0.3, -0.25) is 4.79 Å². The van der Waals surface area contributed by atoms with Crippen molar-refractivity contribution < 1.29 is 10.0 Å². The lowest BCUT2D eigenvalue weighted by atomic mass is 10.2. The van der Waals surface area contributed by atoms with Gasteiger partial charge in [0.2, 0.25) is 5.91 Å². The van der Waals surface area contributed by atoms with Crippen LogP contribution in [0.2, 0.25) is 0 Å². The molecule has 0 aliphatic carbocycles. The van der Waals surface area contributed by atoms with Crippen LogP contribution in [0, 0.1) is 0 Å². The van der Waals surface area contributed by atoms with Gasteiger partial charge in [-0.05, 0) is 6.92 Å². The zero-order valence-electron chi connectivity index (χ0n) is 6.24. The second kappa shape index (κ2) is 2.56. The summed E-state index contributed by atoms with van der Waals surface area (Å²) in [5.41, 5.74) is 0. The predicted octanol–water partition coefficient (Wildman–Crippen LogP) is -0.462. The minimum Gasteiger partial charge on any atom is -0.343 e. The van der Waals surface area contributed by atoms with E-state index in [9.17, 15) is 4.79 Å². The molecule has 1 rings (SSSR count). The Morgan fingerprint density at radius 2 is 2.30 bits per heavy atom. The van der Waals surface area contributed by atoms with Crippen LogP contribution >= 0.6 is 0 Å². The Kier molecular flexibility index (Phi) is 1.92. The van der Waals surface area contributed by atoms with Gasteiger partial charge in [-0.1, -0.05) is 0 Å². The van der Waals surface area contributed by atoms with Gasteiger partial charge in [0, 0.05) is 13.6 Å². The lowest BCUT2D eigenvalue weighted by Crippen LogP contribution is -2.52. The van der Waals surface area contributed by atoms with Crippen molar-refractivity contribution >= 4 is 5.91 Å². The molecular formula is C6H12N2O2. The maximum absolute atomic E-state index is 10.9. The van der Waals surface area contributed by atoms with E-state index < -0.39 is 0 Å². The summed E-state index contributed by atoms with van der Waals surface area (Å²) in [4.78, 5) is 12.5. The Morgan fingerprint density at radius 1 is 1.70 bits per heavy atom. The van der Waals surface area contributed by atoms with Crippen LogP contribution in [0.5, 0.6) is 0 Å². The highest BCUT2D eigenvalue weighted by atomic mass is 16.5. The Morgan fingerprint density at radius 3 is 2.80 bits per heavy atom. The summed E-state index contributed by atoms with van der Waals surface area (Å²) >= 11 is 0. The van der Waals surface area contributed by atoms with Gasteiger partial charge in [-0.15, -0.1) is 0 Å². The first-order chi connectivity index (χ1) is 4.61. The minimum atomic E-state index is -0.0272. The number of amides is 1. The van der Waals surface area contributed by atoms with Crippen LogP contribution in [0.25, 0.3) is 0 Å². The van der Waals surface area contributed by atoms with Gasteiger partial charge >= 0.3 is 0 Å². The van der Waals surface area contributed by atoms with E-state index in [0.29, 0.717) is 6.54 Å². The molecule has 1 heterocycles. The third kappa shape index (κ3) is 1.27. The lowest BCUT2D eigenvalue weighted by Gasteiger charge is -2.33. The molecule has 0 radical (unpaired) electrons. The van der Waals surface area contributed by atoms with Crippen molar-refractivity contribution in [3.63, 3.8) is 0 Å². The molecule has 1 atom stereocenters. The van der Waals surface area contributed by atoms with Crippen molar-refractivity contribution in [1.29, 1.82) is 0 Å². The number of hydroxylamine groups is 2. The summed E-state index contributed by atoms with van der Waals surface area (Å²) in [5, 5.41) is 10.1. The fourth-order valence-electron chi connectivity index (χ4n) is 1.01. The average molecular weight is 144 g/mol. The Labute approximate surface area is 60.0 Å². The molecule has 0 aromatic rings. The molecule has 1 unspecified atom stereocenters. The highest BCUT2D eigenvalue weighted by molar-refractivity contribution is 5.78. The third-order valence-corrected chi connectivity index (χ3v) is 1.77. The van der Waals surface area contributed by atoms with Crippen molar-refractivity contribution in [3.8, 4) is 0 Å².